The number of pyridine rings is 1. The van der Waals surface area contributed by atoms with Gasteiger partial charge in [-0.15, -0.1) is 0 Å². The van der Waals surface area contributed by atoms with Crippen LogP contribution in [-0.4, -0.2) is 71.0 Å². The first kappa shape index (κ1) is 38.0. The lowest BCUT2D eigenvalue weighted by atomic mass is 9.96. The zero-order valence-electron chi connectivity index (χ0n) is 34.2. The Bertz CT molecular complexity index is 2340. The number of nitrogens with zero attached hydrogens (tertiary/aromatic N) is 7. The first-order valence-electron chi connectivity index (χ1n) is 20.0. The summed E-state index contributed by atoms with van der Waals surface area (Å²) >= 11 is 0. The van der Waals surface area contributed by atoms with Crippen LogP contribution in [0, 0.1) is 5.92 Å². The molecule has 0 bridgehead atoms. The van der Waals surface area contributed by atoms with Crippen LogP contribution in [0.1, 0.15) is 63.6 Å². The number of methoxy groups -OCH3 is 2. The zero-order chi connectivity index (χ0) is 39.2. The highest BCUT2D eigenvalue weighted by Gasteiger charge is 2.44. The third kappa shape index (κ3) is 7.48. The van der Waals surface area contributed by atoms with Crippen LogP contribution < -0.4 is 19.7 Å². The Morgan fingerprint density at radius 3 is 2.48 bits per heavy atom. The first-order valence-corrected chi connectivity index (χ1v) is 22.9. The van der Waals surface area contributed by atoms with Crippen molar-refractivity contribution in [3.05, 3.63) is 84.4 Å². The molecule has 1 aliphatic carbocycles. The van der Waals surface area contributed by atoms with E-state index in [0.29, 0.717) is 12.5 Å². The maximum absolute atomic E-state index is 7.33. The highest BCUT2D eigenvalue weighted by Crippen LogP contribution is 2.47. The number of ether oxygens (including phenoxy) is 2. The summed E-state index contributed by atoms with van der Waals surface area (Å²) in [6, 6.07) is 19.3. The van der Waals surface area contributed by atoms with Crippen LogP contribution in [0.2, 0.25) is 18.1 Å². The Morgan fingerprint density at radius 1 is 0.946 bits per heavy atom. The molecule has 1 aliphatic heterocycles. The van der Waals surface area contributed by atoms with Gasteiger partial charge in [-0.1, -0.05) is 32.9 Å². The Morgan fingerprint density at radius 2 is 1.77 bits per heavy atom. The van der Waals surface area contributed by atoms with E-state index in [-0.39, 0.29) is 17.2 Å². The molecule has 8 rings (SSSR count). The van der Waals surface area contributed by atoms with E-state index in [0.717, 1.165) is 95.3 Å². The molecular formula is C44H56N8O3Si. The van der Waals surface area contributed by atoms with E-state index in [1.165, 1.54) is 17.4 Å². The number of anilines is 2. The molecule has 5 heterocycles. The van der Waals surface area contributed by atoms with E-state index in [1.54, 1.807) is 20.5 Å². The molecule has 3 atom stereocenters. The van der Waals surface area contributed by atoms with E-state index in [9.17, 15) is 0 Å². The number of fused-ring (bicyclic) bond motifs is 2. The number of rotatable bonds is 13. The summed E-state index contributed by atoms with van der Waals surface area (Å²) in [5.41, 5.74) is 6.22. The summed E-state index contributed by atoms with van der Waals surface area (Å²) in [5.74, 6) is 3.75. The van der Waals surface area contributed by atoms with E-state index in [1.807, 2.05) is 36.1 Å². The molecule has 1 saturated carbocycles. The fourth-order valence-corrected chi connectivity index (χ4v) is 9.50. The normalized spacial score (nSPS) is 18.8. The van der Waals surface area contributed by atoms with Gasteiger partial charge in [0.1, 0.15) is 35.1 Å². The Hall–Kier alpha value is -4.94. The lowest BCUT2D eigenvalue weighted by Crippen LogP contribution is -2.44. The highest BCUT2D eigenvalue weighted by molar-refractivity contribution is 6.74. The molecule has 11 nitrogen and oxygen atoms in total. The second kappa shape index (κ2) is 15.2. The molecule has 2 aliphatic rings. The molecule has 4 aromatic heterocycles. The monoisotopic (exact) mass is 772 g/mol. The second-order valence-electron chi connectivity index (χ2n) is 17.2. The Kier molecular flexibility index (Phi) is 10.3. The molecular weight excluding hydrogens is 717 g/mol. The van der Waals surface area contributed by atoms with Crippen molar-refractivity contribution in [1.29, 1.82) is 0 Å². The average molecular weight is 773 g/mol. The summed E-state index contributed by atoms with van der Waals surface area (Å²) in [7, 11) is 3.24. The van der Waals surface area contributed by atoms with Crippen molar-refractivity contribution in [3.63, 3.8) is 0 Å². The molecule has 2 aromatic carbocycles. The van der Waals surface area contributed by atoms with E-state index in [2.05, 4.69) is 91.2 Å². The van der Waals surface area contributed by atoms with Gasteiger partial charge >= 0.3 is 0 Å². The molecule has 6 aromatic rings. The smallest absolute Gasteiger partial charge is 0.192 e. The van der Waals surface area contributed by atoms with Gasteiger partial charge < -0.3 is 28.7 Å². The van der Waals surface area contributed by atoms with Gasteiger partial charge in [0.05, 0.1) is 30.8 Å². The molecule has 2 fully saturated rings. The largest absolute Gasteiger partial charge is 0.497 e. The molecule has 12 heteroatoms. The summed E-state index contributed by atoms with van der Waals surface area (Å²) < 4.78 is 22.7. The zero-order valence-corrected chi connectivity index (χ0v) is 35.2. The van der Waals surface area contributed by atoms with Gasteiger partial charge in [0.25, 0.3) is 0 Å². The maximum Gasteiger partial charge on any atom is 0.192 e. The van der Waals surface area contributed by atoms with Gasteiger partial charge in [0.15, 0.2) is 8.32 Å². The van der Waals surface area contributed by atoms with Crippen molar-refractivity contribution in [1.82, 2.24) is 29.3 Å². The Labute approximate surface area is 331 Å². The van der Waals surface area contributed by atoms with Gasteiger partial charge in [-0.25, -0.2) is 15.0 Å². The minimum Gasteiger partial charge on any atom is -0.497 e. The van der Waals surface area contributed by atoms with Crippen LogP contribution in [0.25, 0.3) is 33.2 Å². The van der Waals surface area contributed by atoms with Crippen molar-refractivity contribution >= 4 is 41.9 Å². The van der Waals surface area contributed by atoms with Gasteiger partial charge in [-0.3, -0.25) is 4.68 Å². The third-order valence-electron chi connectivity index (χ3n) is 12.5. The highest BCUT2D eigenvalue weighted by atomic mass is 28.4. The van der Waals surface area contributed by atoms with Gasteiger partial charge in [0.2, 0.25) is 0 Å². The average Bonchev–Trinajstić information content (AvgIpc) is 3.88. The maximum atomic E-state index is 7.33. The first-order chi connectivity index (χ1) is 26.9. The quantitative estimate of drug-likeness (QED) is 0.115. The molecule has 1 N–H and O–H groups in total. The fourth-order valence-electron chi connectivity index (χ4n) is 8.10. The van der Waals surface area contributed by atoms with Crippen LogP contribution in [0.15, 0.2) is 73.3 Å². The predicted octanol–water partition coefficient (Wildman–Crippen LogP) is 9.19. The lowest BCUT2D eigenvalue weighted by molar-refractivity contribution is 0.135. The molecule has 56 heavy (non-hydrogen) atoms. The molecule has 0 spiro atoms. The van der Waals surface area contributed by atoms with E-state index < -0.39 is 8.32 Å². The van der Waals surface area contributed by atoms with Crippen molar-refractivity contribution in [2.75, 3.05) is 37.5 Å². The predicted molar refractivity (Wildman–Crippen MR) is 227 cm³/mol. The summed E-state index contributed by atoms with van der Waals surface area (Å²) in [5, 5.41) is 10.7. The minimum atomic E-state index is -2.06. The van der Waals surface area contributed by atoms with Crippen LogP contribution in [0.3, 0.4) is 0 Å². The van der Waals surface area contributed by atoms with Crippen molar-refractivity contribution in [3.8, 4) is 22.8 Å². The second-order valence-corrected chi connectivity index (χ2v) is 21.9. The van der Waals surface area contributed by atoms with Crippen LogP contribution in [0.5, 0.6) is 11.5 Å². The van der Waals surface area contributed by atoms with E-state index >= 15 is 0 Å². The minimum absolute atomic E-state index is 0.112. The van der Waals surface area contributed by atoms with Crippen LogP contribution in [0.4, 0.5) is 11.6 Å². The number of aromatic nitrogens is 6. The van der Waals surface area contributed by atoms with Gasteiger partial charge in [-0.05, 0) is 98.1 Å². The lowest BCUT2D eigenvalue weighted by Gasteiger charge is -2.40. The standard InChI is InChI=1S/C44H56N8O3Si/c1-44(2,3)56(7,8)55-39-24-33(23-31(39)13-11-29-10-12-30-15-17-40(48-37(30)22-29)51-19-9-20-51)52-27-35(36-18-21-50(4)49-36)41-42(46-28-47-43(41)52)45-26-32-14-16-34(53-5)25-38(32)54-6/h10,12,14-18,21-22,25,27-28,31,33,39H,9,11,13,19-20,23-24,26H2,1-8H3,(H,45,46,47)/t31-,33+,39-/m0/s1. The topological polar surface area (TPSA) is 104 Å². The SMILES string of the molecule is COc1ccc(CNc2ncnc3c2c(-c2ccn(C)n2)cn3[C@@H]2C[C@H](CCc3ccc4ccc(N5CCC5)nc4c3)[C@@H](O[Si](C)(C)C(C)(C)C)C2)c(OC)c1. The third-order valence-corrected chi connectivity index (χ3v) is 17.0. The summed E-state index contributed by atoms with van der Waals surface area (Å²) in [4.78, 5) is 17.2. The van der Waals surface area contributed by atoms with E-state index in [4.69, 9.17) is 34.0 Å². The number of nitrogens with one attached hydrogen (secondary N) is 1. The number of benzene rings is 2. The van der Waals surface area contributed by atoms with Crippen molar-refractivity contribution in [2.45, 2.75) is 89.7 Å². The molecule has 0 unspecified atom stereocenters. The van der Waals surface area contributed by atoms with Crippen molar-refractivity contribution < 1.29 is 13.9 Å². The molecule has 1 saturated heterocycles. The molecule has 0 radical (unpaired) electrons. The summed E-state index contributed by atoms with van der Waals surface area (Å²) in [6.07, 6.45) is 11.3. The summed E-state index contributed by atoms with van der Waals surface area (Å²) in [6.45, 7) is 14.5. The van der Waals surface area contributed by atoms with Crippen LogP contribution >= 0.6 is 0 Å². The number of aryl methyl sites for hydroxylation is 2. The van der Waals surface area contributed by atoms with Gasteiger partial charge in [-0.2, -0.15) is 5.10 Å². The van der Waals surface area contributed by atoms with Crippen molar-refractivity contribution in [2.24, 2.45) is 13.0 Å². The number of hydrogen-bond donors (Lipinski definition) is 1. The van der Waals surface area contributed by atoms with Crippen LogP contribution in [-0.2, 0) is 24.4 Å². The fraction of sp³-hybridized carbons (Fsp3) is 0.455. The molecule has 294 valence electrons. The molecule has 0 amide bonds. The van der Waals surface area contributed by atoms with Gasteiger partial charge in [0, 0.05) is 73.8 Å². The Balaban J connectivity index is 1.11. The number of hydrogen-bond acceptors (Lipinski definition) is 9.